The van der Waals surface area contributed by atoms with E-state index in [0.29, 0.717) is 5.25 Å². The van der Waals surface area contributed by atoms with Gasteiger partial charge in [-0.3, -0.25) is 0 Å². The van der Waals surface area contributed by atoms with E-state index in [-0.39, 0.29) is 0 Å². The third kappa shape index (κ3) is 6.13. The van der Waals surface area contributed by atoms with E-state index in [2.05, 4.69) is 57.3 Å². The molecule has 0 amide bonds. The first kappa shape index (κ1) is 14.6. The second-order valence-corrected chi connectivity index (χ2v) is 6.53. The van der Waals surface area contributed by atoms with Gasteiger partial charge in [0, 0.05) is 17.5 Å². The maximum Gasteiger partial charge on any atom is 0.0190 e. The molecule has 96 valence electrons. The van der Waals surface area contributed by atoms with Gasteiger partial charge >= 0.3 is 0 Å². The summed E-state index contributed by atoms with van der Waals surface area (Å²) in [5.41, 5.74) is 2.87. The summed E-state index contributed by atoms with van der Waals surface area (Å²) in [5.74, 6) is 1.86. The molecule has 1 aromatic rings. The summed E-state index contributed by atoms with van der Waals surface area (Å²) < 4.78 is 0. The minimum absolute atomic E-state index is 0.674. The number of rotatable bonds is 7. The van der Waals surface area contributed by atoms with Crippen molar-refractivity contribution in [1.29, 1.82) is 0 Å². The van der Waals surface area contributed by atoms with Crippen LogP contribution in [0, 0.1) is 12.8 Å². The van der Waals surface area contributed by atoms with Crippen molar-refractivity contribution in [1.82, 2.24) is 5.32 Å². The van der Waals surface area contributed by atoms with Gasteiger partial charge in [-0.25, -0.2) is 0 Å². The van der Waals surface area contributed by atoms with Crippen molar-refractivity contribution >= 4 is 11.8 Å². The minimum atomic E-state index is 0.674. The van der Waals surface area contributed by atoms with Crippen LogP contribution in [0.1, 0.15) is 31.9 Å². The molecule has 0 saturated heterocycles. The van der Waals surface area contributed by atoms with E-state index >= 15 is 0 Å². The number of hydrogen-bond acceptors (Lipinski definition) is 2. The number of aryl methyl sites for hydroxylation is 1. The van der Waals surface area contributed by atoms with Crippen LogP contribution in [0.15, 0.2) is 24.3 Å². The topological polar surface area (TPSA) is 12.0 Å². The average molecular weight is 251 g/mol. The lowest BCUT2D eigenvalue weighted by Gasteiger charge is -2.14. The Labute approximate surface area is 110 Å². The summed E-state index contributed by atoms with van der Waals surface area (Å²) in [6, 6.07) is 8.66. The fourth-order valence-corrected chi connectivity index (χ4v) is 2.66. The van der Waals surface area contributed by atoms with Gasteiger partial charge in [0.25, 0.3) is 0 Å². The van der Waals surface area contributed by atoms with Gasteiger partial charge in [0.1, 0.15) is 0 Å². The van der Waals surface area contributed by atoms with Crippen LogP contribution in [-0.2, 0) is 5.75 Å². The predicted molar refractivity (Wildman–Crippen MR) is 79.6 cm³/mol. The van der Waals surface area contributed by atoms with Gasteiger partial charge in [-0.15, -0.1) is 0 Å². The molecule has 1 N–H and O–H groups in total. The Bertz CT molecular complexity index is 322. The third-order valence-electron chi connectivity index (χ3n) is 2.77. The molecule has 1 unspecified atom stereocenters. The van der Waals surface area contributed by atoms with Crippen LogP contribution in [0.2, 0.25) is 0 Å². The standard InChI is InChI=1S/C15H25NS/c1-12(2)9-16-10-14(4)17-11-15-8-6-5-7-13(15)3/h5-8,12,14,16H,9-11H2,1-4H3. The SMILES string of the molecule is Cc1ccccc1CSC(C)CNCC(C)C. The number of benzene rings is 1. The summed E-state index contributed by atoms with van der Waals surface area (Å²) in [6.45, 7) is 11.2. The van der Waals surface area contributed by atoms with Gasteiger partial charge < -0.3 is 5.32 Å². The highest BCUT2D eigenvalue weighted by molar-refractivity contribution is 7.99. The van der Waals surface area contributed by atoms with Crippen LogP contribution in [0.4, 0.5) is 0 Å². The molecule has 1 nitrogen and oxygen atoms in total. The largest absolute Gasteiger partial charge is 0.315 e. The second-order valence-electron chi connectivity index (χ2n) is 5.10. The highest BCUT2D eigenvalue weighted by atomic mass is 32.2. The molecule has 0 aliphatic heterocycles. The Hall–Kier alpha value is -0.470. The van der Waals surface area contributed by atoms with Crippen molar-refractivity contribution in [2.45, 2.75) is 38.7 Å². The fraction of sp³-hybridized carbons (Fsp3) is 0.600. The summed E-state index contributed by atoms with van der Waals surface area (Å²) in [5, 5.41) is 4.19. The molecule has 0 bridgehead atoms. The molecule has 0 spiro atoms. The minimum Gasteiger partial charge on any atom is -0.315 e. The van der Waals surface area contributed by atoms with E-state index < -0.39 is 0 Å². The molecule has 0 radical (unpaired) electrons. The van der Waals surface area contributed by atoms with Gasteiger partial charge in [-0.1, -0.05) is 45.0 Å². The van der Waals surface area contributed by atoms with Crippen molar-refractivity contribution in [2.75, 3.05) is 13.1 Å². The molecule has 0 aliphatic rings. The summed E-state index contributed by atoms with van der Waals surface area (Å²) >= 11 is 2.03. The number of thioether (sulfide) groups is 1. The molecule has 0 fully saturated rings. The molecular weight excluding hydrogens is 226 g/mol. The lowest BCUT2D eigenvalue weighted by atomic mass is 10.1. The van der Waals surface area contributed by atoms with E-state index in [9.17, 15) is 0 Å². The van der Waals surface area contributed by atoms with E-state index in [1.54, 1.807) is 0 Å². The number of nitrogens with one attached hydrogen (secondary N) is 1. The molecule has 0 heterocycles. The zero-order valence-electron chi connectivity index (χ0n) is 11.5. The lowest BCUT2D eigenvalue weighted by Crippen LogP contribution is -2.26. The molecule has 2 heteroatoms. The first-order valence-electron chi connectivity index (χ1n) is 6.46. The van der Waals surface area contributed by atoms with E-state index in [1.165, 1.54) is 11.1 Å². The Morgan fingerprint density at radius 2 is 1.82 bits per heavy atom. The van der Waals surface area contributed by atoms with Crippen LogP contribution < -0.4 is 5.32 Å². The zero-order valence-corrected chi connectivity index (χ0v) is 12.3. The third-order valence-corrected chi connectivity index (χ3v) is 3.98. The van der Waals surface area contributed by atoms with Crippen LogP contribution in [0.3, 0.4) is 0 Å². The first-order chi connectivity index (χ1) is 8.09. The molecule has 1 atom stereocenters. The molecule has 1 aromatic carbocycles. The monoisotopic (exact) mass is 251 g/mol. The quantitative estimate of drug-likeness (QED) is 0.789. The van der Waals surface area contributed by atoms with Crippen molar-refractivity contribution < 1.29 is 0 Å². The van der Waals surface area contributed by atoms with Gasteiger partial charge in [0.05, 0.1) is 0 Å². The summed E-state index contributed by atoms with van der Waals surface area (Å²) in [6.07, 6.45) is 0. The van der Waals surface area contributed by atoms with Crippen molar-refractivity contribution in [2.24, 2.45) is 5.92 Å². The Kier molecular flexibility index (Phi) is 6.68. The molecular formula is C15H25NS. The van der Waals surface area contributed by atoms with Gasteiger partial charge in [0.15, 0.2) is 0 Å². The molecule has 17 heavy (non-hydrogen) atoms. The molecule has 0 aliphatic carbocycles. The molecule has 0 aromatic heterocycles. The van der Waals surface area contributed by atoms with Gasteiger partial charge in [-0.2, -0.15) is 11.8 Å². The average Bonchev–Trinajstić information content (AvgIpc) is 2.27. The normalized spacial score (nSPS) is 13.0. The first-order valence-corrected chi connectivity index (χ1v) is 7.51. The van der Waals surface area contributed by atoms with E-state index in [0.717, 1.165) is 24.8 Å². The zero-order chi connectivity index (χ0) is 12.7. The van der Waals surface area contributed by atoms with Crippen LogP contribution in [0.25, 0.3) is 0 Å². The van der Waals surface area contributed by atoms with Gasteiger partial charge in [-0.05, 0) is 30.5 Å². The fourth-order valence-electron chi connectivity index (χ4n) is 1.64. The second kappa shape index (κ2) is 7.78. The Balaban J connectivity index is 2.24. The highest BCUT2D eigenvalue weighted by Crippen LogP contribution is 2.19. The van der Waals surface area contributed by atoms with E-state index in [4.69, 9.17) is 0 Å². The van der Waals surface area contributed by atoms with Crippen LogP contribution in [0.5, 0.6) is 0 Å². The van der Waals surface area contributed by atoms with Crippen LogP contribution in [-0.4, -0.2) is 18.3 Å². The van der Waals surface area contributed by atoms with Crippen molar-refractivity contribution in [3.63, 3.8) is 0 Å². The maximum atomic E-state index is 3.51. The maximum absolute atomic E-state index is 3.51. The predicted octanol–water partition coefficient (Wildman–Crippen LogP) is 3.86. The molecule has 0 saturated carbocycles. The number of hydrogen-bond donors (Lipinski definition) is 1. The molecule has 1 rings (SSSR count). The summed E-state index contributed by atoms with van der Waals surface area (Å²) in [4.78, 5) is 0. The van der Waals surface area contributed by atoms with Gasteiger partial charge in [0.2, 0.25) is 0 Å². The Morgan fingerprint density at radius 3 is 2.47 bits per heavy atom. The smallest absolute Gasteiger partial charge is 0.0190 e. The summed E-state index contributed by atoms with van der Waals surface area (Å²) in [7, 11) is 0. The highest BCUT2D eigenvalue weighted by Gasteiger charge is 2.04. The Morgan fingerprint density at radius 1 is 1.12 bits per heavy atom. The van der Waals surface area contributed by atoms with Crippen molar-refractivity contribution in [3.05, 3.63) is 35.4 Å². The lowest BCUT2D eigenvalue weighted by molar-refractivity contribution is 0.554. The van der Waals surface area contributed by atoms with E-state index in [1.807, 2.05) is 11.8 Å². The van der Waals surface area contributed by atoms with Crippen molar-refractivity contribution in [3.8, 4) is 0 Å². The van der Waals surface area contributed by atoms with Crippen LogP contribution >= 0.6 is 11.8 Å².